The zero-order chi connectivity index (χ0) is 11.4. The van der Waals surface area contributed by atoms with Crippen molar-refractivity contribution in [3.63, 3.8) is 0 Å². The SMILES string of the molecule is O=C(O)/C=C/C(O)c1ccc(F)cc1F. The van der Waals surface area contributed by atoms with E-state index in [1.54, 1.807) is 0 Å². The number of benzene rings is 1. The second kappa shape index (κ2) is 4.65. The van der Waals surface area contributed by atoms with E-state index in [1.807, 2.05) is 0 Å². The predicted octanol–water partition coefficient (Wildman–Crippen LogP) is 1.64. The lowest BCUT2D eigenvalue weighted by molar-refractivity contribution is -0.131. The summed E-state index contributed by atoms with van der Waals surface area (Å²) in [7, 11) is 0. The number of aliphatic hydroxyl groups excluding tert-OH is 1. The smallest absolute Gasteiger partial charge is 0.328 e. The zero-order valence-electron chi connectivity index (χ0n) is 7.52. The average molecular weight is 214 g/mol. The summed E-state index contributed by atoms with van der Waals surface area (Å²) in [5, 5.41) is 17.6. The van der Waals surface area contributed by atoms with E-state index in [9.17, 15) is 18.7 Å². The monoisotopic (exact) mass is 214 g/mol. The second-order valence-corrected chi connectivity index (χ2v) is 2.81. The molecule has 1 aromatic rings. The number of hydrogen-bond donors (Lipinski definition) is 2. The van der Waals surface area contributed by atoms with Crippen LogP contribution in [0.3, 0.4) is 0 Å². The van der Waals surface area contributed by atoms with Gasteiger partial charge in [-0.1, -0.05) is 6.07 Å². The Morgan fingerprint density at radius 3 is 2.60 bits per heavy atom. The minimum Gasteiger partial charge on any atom is -0.478 e. The molecule has 80 valence electrons. The standard InChI is InChI=1S/C10H8F2O3/c11-6-1-2-7(8(12)5-6)9(13)3-4-10(14)15/h1-5,9,13H,(H,14,15)/b4-3+. The Morgan fingerprint density at radius 2 is 2.07 bits per heavy atom. The fourth-order valence-electron chi connectivity index (χ4n) is 1.02. The molecule has 0 radical (unpaired) electrons. The van der Waals surface area contributed by atoms with Crippen molar-refractivity contribution in [3.8, 4) is 0 Å². The zero-order valence-corrected chi connectivity index (χ0v) is 7.52. The first kappa shape index (κ1) is 11.3. The van der Waals surface area contributed by atoms with E-state index >= 15 is 0 Å². The highest BCUT2D eigenvalue weighted by Gasteiger charge is 2.10. The summed E-state index contributed by atoms with van der Waals surface area (Å²) in [5.41, 5.74) is -0.172. The van der Waals surface area contributed by atoms with Gasteiger partial charge in [0.1, 0.15) is 17.7 Å². The number of halogens is 2. The summed E-state index contributed by atoms with van der Waals surface area (Å²) in [6, 6.07) is 2.66. The molecule has 3 nitrogen and oxygen atoms in total. The third-order valence-corrected chi connectivity index (χ3v) is 1.70. The number of hydrogen-bond acceptors (Lipinski definition) is 2. The molecule has 0 aliphatic rings. The molecule has 1 aromatic carbocycles. The van der Waals surface area contributed by atoms with Crippen LogP contribution < -0.4 is 0 Å². The Bertz CT molecular complexity index is 402. The molecule has 2 N–H and O–H groups in total. The van der Waals surface area contributed by atoms with Crippen LogP contribution in [0, 0.1) is 11.6 Å². The molecule has 0 heterocycles. The highest BCUT2D eigenvalue weighted by molar-refractivity contribution is 5.79. The van der Waals surface area contributed by atoms with Crippen LogP contribution in [0.25, 0.3) is 0 Å². The van der Waals surface area contributed by atoms with E-state index in [1.165, 1.54) is 0 Å². The Labute approximate surface area is 84.3 Å². The van der Waals surface area contributed by atoms with Gasteiger partial charge in [0.2, 0.25) is 0 Å². The molecule has 0 aromatic heterocycles. The average Bonchev–Trinajstić information content (AvgIpc) is 2.14. The number of aliphatic carboxylic acids is 1. The topological polar surface area (TPSA) is 57.5 Å². The highest BCUT2D eigenvalue weighted by atomic mass is 19.1. The predicted molar refractivity (Wildman–Crippen MR) is 48.1 cm³/mol. The van der Waals surface area contributed by atoms with Crippen molar-refractivity contribution in [2.24, 2.45) is 0 Å². The number of aliphatic hydroxyl groups is 1. The Hall–Kier alpha value is -1.75. The van der Waals surface area contributed by atoms with Crippen molar-refractivity contribution >= 4 is 5.97 Å². The van der Waals surface area contributed by atoms with Gasteiger partial charge in [0.15, 0.2) is 0 Å². The normalized spacial score (nSPS) is 13.0. The summed E-state index contributed by atoms with van der Waals surface area (Å²) >= 11 is 0. The quantitative estimate of drug-likeness (QED) is 0.752. The van der Waals surface area contributed by atoms with Crippen LogP contribution in [0.5, 0.6) is 0 Å². The van der Waals surface area contributed by atoms with E-state index < -0.39 is 23.7 Å². The third kappa shape index (κ3) is 3.14. The van der Waals surface area contributed by atoms with Gasteiger partial charge < -0.3 is 10.2 Å². The second-order valence-electron chi connectivity index (χ2n) is 2.81. The summed E-state index contributed by atoms with van der Waals surface area (Å²) in [6.07, 6.45) is 0.188. The maximum Gasteiger partial charge on any atom is 0.328 e. The number of rotatable bonds is 3. The summed E-state index contributed by atoms with van der Waals surface area (Å²) < 4.78 is 25.5. The van der Waals surface area contributed by atoms with E-state index in [-0.39, 0.29) is 5.56 Å². The molecule has 1 unspecified atom stereocenters. The van der Waals surface area contributed by atoms with Gasteiger partial charge in [-0.15, -0.1) is 0 Å². The first-order valence-corrected chi connectivity index (χ1v) is 4.05. The lowest BCUT2D eigenvalue weighted by atomic mass is 10.1. The molecular weight excluding hydrogens is 206 g/mol. The molecule has 5 heteroatoms. The van der Waals surface area contributed by atoms with Crippen molar-refractivity contribution < 1.29 is 23.8 Å². The fourth-order valence-corrected chi connectivity index (χ4v) is 1.02. The van der Waals surface area contributed by atoms with Crippen LogP contribution in [0.2, 0.25) is 0 Å². The molecule has 0 aliphatic carbocycles. The minimum atomic E-state index is -1.40. The number of carboxylic acids is 1. The molecule has 0 bridgehead atoms. The number of carbonyl (C=O) groups is 1. The first-order chi connectivity index (χ1) is 7.00. The highest BCUT2D eigenvalue weighted by Crippen LogP contribution is 2.18. The van der Waals surface area contributed by atoms with Crippen molar-refractivity contribution in [1.82, 2.24) is 0 Å². The lowest BCUT2D eigenvalue weighted by Crippen LogP contribution is -1.99. The third-order valence-electron chi connectivity index (χ3n) is 1.70. The van der Waals surface area contributed by atoms with Gasteiger partial charge in [0, 0.05) is 17.7 Å². The van der Waals surface area contributed by atoms with Gasteiger partial charge in [0.25, 0.3) is 0 Å². The fraction of sp³-hybridized carbons (Fsp3) is 0.100. The van der Waals surface area contributed by atoms with Crippen molar-refractivity contribution in [3.05, 3.63) is 47.5 Å². The van der Waals surface area contributed by atoms with Crippen LogP contribution in [0.1, 0.15) is 11.7 Å². The molecule has 0 fully saturated rings. The Kier molecular flexibility index (Phi) is 3.51. The molecule has 0 spiro atoms. The van der Waals surface area contributed by atoms with E-state index in [2.05, 4.69) is 0 Å². The maximum absolute atomic E-state index is 13.0. The van der Waals surface area contributed by atoms with E-state index in [0.717, 1.165) is 18.2 Å². The van der Waals surface area contributed by atoms with Crippen molar-refractivity contribution in [1.29, 1.82) is 0 Å². The van der Waals surface area contributed by atoms with Crippen LogP contribution >= 0.6 is 0 Å². The van der Waals surface area contributed by atoms with Crippen LogP contribution in [-0.4, -0.2) is 16.2 Å². The molecule has 1 atom stereocenters. The van der Waals surface area contributed by atoms with Gasteiger partial charge in [-0.05, 0) is 12.1 Å². The number of carboxylic acid groups (broad SMARTS) is 1. The molecule has 1 rings (SSSR count). The lowest BCUT2D eigenvalue weighted by Gasteiger charge is -2.06. The van der Waals surface area contributed by atoms with Crippen LogP contribution in [0.4, 0.5) is 8.78 Å². The molecular formula is C10H8F2O3. The van der Waals surface area contributed by atoms with Crippen molar-refractivity contribution in [2.75, 3.05) is 0 Å². The van der Waals surface area contributed by atoms with Gasteiger partial charge in [-0.2, -0.15) is 0 Å². The Morgan fingerprint density at radius 1 is 1.40 bits per heavy atom. The summed E-state index contributed by atoms with van der Waals surface area (Å²) in [6.45, 7) is 0. The summed E-state index contributed by atoms with van der Waals surface area (Å²) in [5.74, 6) is -2.93. The van der Waals surface area contributed by atoms with Gasteiger partial charge in [0.05, 0.1) is 0 Å². The Balaban J connectivity index is 2.91. The van der Waals surface area contributed by atoms with Gasteiger partial charge in [-0.25, -0.2) is 13.6 Å². The van der Waals surface area contributed by atoms with Crippen molar-refractivity contribution in [2.45, 2.75) is 6.10 Å². The molecule has 0 saturated heterocycles. The minimum absolute atomic E-state index is 0.172. The summed E-state index contributed by atoms with van der Waals surface area (Å²) in [4.78, 5) is 10.1. The molecule has 0 aliphatic heterocycles. The van der Waals surface area contributed by atoms with Gasteiger partial charge >= 0.3 is 5.97 Å². The van der Waals surface area contributed by atoms with E-state index in [0.29, 0.717) is 12.1 Å². The maximum atomic E-state index is 13.0. The first-order valence-electron chi connectivity index (χ1n) is 4.05. The largest absolute Gasteiger partial charge is 0.478 e. The molecule has 0 saturated carbocycles. The molecule has 15 heavy (non-hydrogen) atoms. The van der Waals surface area contributed by atoms with E-state index in [4.69, 9.17) is 5.11 Å². The van der Waals surface area contributed by atoms with Crippen LogP contribution in [-0.2, 0) is 4.79 Å². The van der Waals surface area contributed by atoms with Crippen LogP contribution in [0.15, 0.2) is 30.4 Å². The molecule has 0 amide bonds. The van der Waals surface area contributed by atoms with Gasteiger partial charge in [-0.3, -0.25) is 0 Å².